The van der Waals surface area contributed by atoms with Gasteiger partial charge in [-0.15, -0.1) is 0 Å². The number of aromatic nitrogens is 1. The molecule has 6 nitrogen and oxygen atoms in total. The van der Waals surface area contributed by atoms with Gasteiger partial charge in [0.05, 0.1) is 12.3 Å². The van der Waals surface area contributed by atoms with Crippen molar-refractivity contribution in [2.75, 3.05) is 6.61 Å². The summed E-state index contributed by atoms with van der Waals surface area (Å²) >= 11 is 0. The number of carbonyl (C=O) groups excluding carboxylic acids is 1. The summed E-state index contributed by atoms with van der Waals surface area (Å²) in [5.74, 6) is 1.30. The van der Waals surface area contributed by atoms with Crippen molar-refractivity contribution in [1.82, 2.24) is 10.4 Å². The average Bonchev–Trinajstić information content (AvgIpc) is 2.78. The van der Waals surface area contributed by atoms with Crippen molar-refractivity contribution in [1.29, 1.82) is 0 Å². The predicted molar refractivity (Wildman–Crippen MR) is 112 cm³/mol. The second kappa shape index (κ2) is 10.0. The van der Waals surface area contributed by atoms with Gasteiger partial charge in [-0.1, -0.05) is 18.2 Å². The number of hydrazone groups is 1. The van der Waals surface area contributed by atoms with E-state index in [9.17, 15) is 4.79 Å². The lowest BCUT2D eigenvalue weighted by atomic mass is 10.1. The molecule has 2 aromatic carbocycles. The highest BCUT2D eigenvalue weighted by molar-refractivity contribution is 6.00. The highest BCUT2D eigenvalue weighted by Gasteiger charge is 2.06. The van der Waals surface area contributed by atoms with Crippen LogP contribution in [0.15, 0.2) is 78.2 Å². The fourth-order valence-corrected chi connectivity index (χ4v) is 2.56. The van der Waals surface area contributed by atoms with Crippen LogP contribution in [0.1, 0.15) is 35.3 Å². The minimum atomic E-state index is -0.271. The Morgan fingerprint density at radius 3 is 2.28 bits per heavy atom. The number of nitrogens with zero attached hydrogens (tertiary/aromatic N) is 2. The molecule has 3 rings (SSSR count). The van der Waals surface area contributed by atoms with Gasteiger partial charge in [0.1, 0.15) is 18.1 Å². The Kier molecular flexibility index (Phi) is 6.95. The summed E-state index contributed by atoms with van der Waals surface area (Å²) in [6.07, 6.45) is 3.39. The fourth-order valence-electron chi connectivity index (χ4n) is 2.56. The standard InChI is InChI=1S/C23H23N3O3/c1-3-28-21-10-12-22(13-11-21)29-16-18-6-8-19(9-7-18)23(27)26-25-17(2)20-5-4-14-24-15-20/h4-15H,3,16H2,1-2H3,(H,26,27)/b25-17-. The molecule has 3 aromatic rings. The number of ether oxygens (including phenoxy) is 2. The topological polar surface area (TPSA) is 72.8 Å². The predicted octanol–water partition coefficient (Wildman–Crippen LogP) is 4.21. The van der Waals surface area contributed by atoms with Crippen molar-refractivity contribution in [3.63, 3.8) is 0 Å². The second-order valence-electron chi connectivity index (χ2n) is 6.27. The molecular formula is C23H23N3O3. The molecule has 0 fully saturated rings. The van der Waals surface area contributed by atoms with E-state index in [1.807, 2.05) is 62.4 Å². The number of pyridine rings is 1. The highest BCUT2D eigenvalue weighted by Crippen LogP contribution is 2.18. The van der Waals surface area contributed by atoms with Crippen LogP contribution in [0.5, 0.6) is 11.5 Å². The lowest BCUT2D eigenvalue weighted by Crippen LogP contribution is -2.19. The molecule has 1 aromatic heterocycles. The average molecular weight is 389 g/mol. The third kappa shape index (κ3) is 5.90. The summed E-state index contributed by atoms with van der Waals surface area (Å²) in [6, 6.07) is 18.4. The lowest BCUT2D eigenvalue weighted by Gasteiger charge is -2.08. The van der Waals surface area contributed by atoms with Crippen LogP contribution in [-0.2, 0) is 6.61 Å². The van der Waals surface area contributed by atoms with Crippen molar-refractivity contribution < 1.29 is 14.3 Å². The Morgan fingerprint density at radius 2 is 1.66 bits per heavy atom. The zero-order chi connectivity index (χ0) is 20.5. The van der Waals surface area contributed by atoms with Crippen LogP contribution >= 0.6 is 0 Å². The first-order chi connectivity index (χ1) is 14.2. The zero-order valence-corrected chi connectivity index (χ0v) is 16.5. The van der Waals surface area contributed by atoms with Crippen LogP contribution in [0.25, 0.3) is 0 Å². The maximum atomic E-state index is 12.3. The fraction of sp³-hybridized carbons (Fsp3) is 0.174. The number of hydrogen-bond donors (Lipinski definition) is 1. The van der Waals surface area contributed by atoms with Gasteiger partial charge in [0, 0.05) is 23.5 Å². The van der Waals surface area contributed by atoms with Crippen molar-refractivity contribution in [3.8, 4) is 11.5 Å². The Bertz CT molecular complexity index is 953. The molecule has 0 atom stereocenters. The molecule has 0 spiro atoms. The van der Waals surface area contributed by atoms with Crippen molar-refractivity contribution in [2.24, 2.45) is 5.10 Å². The van der Waals surface area contributed by atoms with E-state index in [-0.39, 0.29) is 5.91 Å². The van der Waals surface area contributed by atoms with Gasteiger partial charge < -0.3 is 9.47 Å². The molecule has 148 valence electrons. The Balaban J connectivity index is 1.53. The van der Waals surface area contributed by atoms with E-state index in [1.54, 1.807) is 24.5 Å². The summed E-state index contributed by atoms with van der Waals surface area (Å²) < 4.78 is 11.2. The van der Waals surface area contributed by atoms with E-state index >= 15 is 0 Å². The third-order valence-electron chi connectivity index (χ3n) is 4.16. The molecule has 1 N–H and O–H groups in total. The number of amides is 1. The van der Waals surface area contributed by atoms with E-state index in [0.29, 0.717) is 24.5 Å². The maximum absolute atomic E-state index is 12.3. The van der Waals surface area contributed by atoms with Crippen LogP contribution in [0, 0.1) is 0 Å². The molecule has 0 aliphatic rings. The van der Waals surface area contributed by atoms with Crippen molar-refractivity contribution in [2.45, 2.75) is 20.5 Å². The molecule has 29 heavy (non-hydrogen) atoms. The number of nitrogens with one attached hydrogen (secondary N) is 1. The van der Waals surface area contributed by atoms with Crippen molar-refractivity contribution in [3.05, 3.63) is 89.7 Å². The Morgan fingerprint density at radius 1 is 0.966 bits per heavy atom. The van der Waals surface area contributed by atoms with E-state index in [0.717, 1.165) is 22.6 Å². The van der Waals surface area contributed by atoms with Gasteiger partial charge in [-0.25, -0.2) is 5.43 Å². The molecule has 0 saturated carbocycles. The van der Waals surface area contributed by atoms with Gasteiger partial charge in [-0.05, 0) is 61.9 Å². The maximum Gasteiger partial charge on any atom is 0.271 e. The van der Waals surface area contributed by atoms with Gasteiger partial charge in [0.2, 0.25) is 0 Å². The molecule has 0 unspecified atom stereocenters. The third-order valence-corrected chi connectivity index (χ3v) is 4.16. The van der Waals surface area contributed by atoms with Gasteiger partial charge in [0.25, 0.3) is 5.91 Å². The van der Waals surface area contributed by atoms with Crippen LogP contribution in [-0.4, -0.2) is 23.2 Å². The Labute approximate surface area is 170 Å². The molecule has 0 aliphatic carbocycles. The van der Waals surface area contributed by atoms with Gasteiger partial charge >= 0.3 is 0 Å². The summed E-state index contributed by atoms with van der Waals surface area (Å²) in [5, 5.41) is 4.13. The van der Waals surface area contributed by atoms with E-state index in [1.165, 1.54) is 0 Å². The minimum Gasteiger partial charge on any atom is -0.494 e. The lowest BCUT2D eigenvalue weighted by molar-refractivity contribution is 0.0955. The van der Waals surface area contributed by atoms with Gasteiger partial charge in [-0.3, -0.25) is 9.78 Å². The van der Waals surface area contributed by atoms with Gasteiger partial charge in [0.15, 0.2) is 0 Å². The molecule has 0 radical (unpaired) electrons. The Hall–Kier alpha value is -3.67. The summed E-state index contributed by atoms with van der Waals surface area (Å²) in [7, 11) is 0. The van der Waals surface area contributed by atoms with Crippen LogP contribution in [0.3, 0.4) is 0 Å². The number of rotatable bonds is 8. The summed E-state index contributed by atoms with van der Waals surface area (Å²) in [5.41, 5.74) is 5.60. The zero-order valence-electron chi connectivity index (χ0n) is 16.5. The smallest absolute Gasteiger partial charge is 0.271 e. The molecule has 1 heterocycles. The van der Waals surface area contributed by atoms with Crippen LogP contribution in [0.4, 0.5) is 0 Å². The van der Waals surface area contributed by atoms with Gasteiger partial charge in [-0.2, -0.15) is 5.10 Å². The molecular weight excluding hydrogens is 366 g/mol. The van der Waals surface area contributed by atoms with Crippen LogP contribution in [0.2, 0.25) is 0 Å². The van der Waals surface area contributed by atoms with E-state index in [2.05, 4.69) is 15.5 Å². The van der Waals surface area contributed by atoms with Crippen LogP contribution < -0.4 is 14.9 Å². The number of benzene rings is 2. The molecule has 1 amide bonds. The monoisotopic (exact) mass is 389 g/mol. The first-order valence-corrected chi connectivity index (χ1v) is 9.35. The molecule has 0 aliphatic heterocycles. The SMILES string of the molecule is CCOc1ccc(OCc2ccc(C(=O)N/N=C(/C)c3cccnc3)cc2)cc1. The minimum absolute atomic E-state index is 0.271. The molecule has 0 saturated heterocycles. The molecule has 6 heteroatoms. The highest BCUT2D eigenvalue weighted by atomic mass is 16.5. The van der Waals surface area contributed by atoms with E-state index in [4.69, 9.17) is 9.47 Å². The summed E-state index contributed by atoms with van der Waals surface area (Å²) in [4.78, 5) is 16.3. The number of hydrogen-bond acceptors (Lipinski definition) is 5. The van der Waals surface area contributed by atoms with Crippen molar-refractivity contribution >= 4 is 11.6 Å². The molecule has 0 bridgehead atoms. The normalized spacial score (nSPS) is 11.0. The first kappa shape index (κ1) is 20.1. The van der Waals surface area contributed by atoms with E-state index < -0.39 is 0 Å². The second-order valence-corrected chi connectivity index (χ2v) is 6.27. The quantitative estimate of drug-likeness (QED) is 0.463. The summed E-state index contributed by atoms with van der Waals surface area (Å²) in [6.45, 7) is 4.81. The number of carbonyl (C=O) groups is 1. The largest absolute Gasteiger partial charge is 0.494 e. The first-order valence-electron chi connectivity index (χ1n) is 9.35.